The van der Waals surface area contributed by atoms with Gasteiger partial charge in [0.1, 0.15) is 0 Å². The lowest BCUT2D eigenvalue weighted by Gasteiger charge is -2.21. The Morgan fingerprint density at radius 1 is 1.19 bits per heavy atom. The van der Waals surface area contributed by atoms with Crippen molar-refractivity contribution in [2.24, 2.45) is 0 Å². The number of aryl methyl sites for hydroxylation is 1. The van der Waals surface area contributed by atoms with Crippen LogP contribution < -0.4 is 5.32 Å². The summed E-state index contributed by atoms with van der Waals surface area (Å²) in [5, 5.41) is 3.47. The molecular weight excluding hydrogens is 198 g/mol. The molecule has 1 aromatic rings. The Balaban J connectivity index is 2.49. The Morgan fingerprint density at radius 2 is 1.81 bits per heavy atom. The zero-order valence-electron chi connectivity index (χ0n) is 10.8. The van der Waals surface area contributed by atoms with E-state index >= 15 is 0 Å². The van der Waals surface area contributed by atoms with Crippen molar-refractivity contribution in [2.75, 3.05) is 20.3 Å². The third-order valence-electron chi connectivity index (χ3n) is 3.13. The van der Waals surface area contributed by atoms with Gasteiger partial charge in [-0.05, 0) is 25.3 Å². The Labute approximate surface area is 99.0 Å². The van der Waals surface area contributed by atoms with Gasteiger partial charge in [0.25, 0.3) is 0 Å². The van der Waals surface area contributed by atoms with E-state index in [1.54, 1.807) is 7.11 Å². The summed E-state index contributed by atoms with van der Waals surface area (Å²) in [4.78, 5) is 0. The first kappa shape index (κ1) is 13.2. The van der Waals surface area contributed by atoms with E-state index in [0.29, 0.717) is 12.0 Å². The Morgan fingerprint density at radius 3 is 2.38 bits per heavy atom. The molecule has 2 heteroatoms. The van der Waals surface area contributed by atoms with Crippen molar-refractivity contribution in [3.05, 3.63) is 35.4 Å². The first-order chi connectivity index (χ1) is 7.65. The van der Waals surface area contributed by atoms with E-state index < -0.39 is 0 Å². The molecule has 90 valence electrons. The van der Waals surface area contributed by atoms with E-state index in [-0.39, 0.29) is 0 Å². The predicted molar refractivity (Wildman–Crippen MR) is 68.9 cm³/mol. The second kappa shape index (κ2) is 6.66. The lowest BCUT2D eigenvalue weighted by molar-refractivity contribution is 0.195. The Kier molecular flexibility index (Phi) is 5.50. The van der Waals surface area contributed by atoms with Gasteiger partial charge < -0.3 is 10.1 Å². The van der Waals surface area contributed by atoms with Gasteiger partial charge in [0.2, 0.25) is 0 Å². The van der Waals surface area contributed by atoms with Crippen molar-refractivity contribution in [3.8, 4) is 0 Å². The molecule has 0 spiro atoms. The molecule has 1 aromatic carbocycles. The van der Waals surface area contributed by atoms with Gasteiger partial charge >= 0.3 is 0 Å². The third-order valence-corrected chi connectivity index (χ3v) is 3.13. The minimum atomic E-state index is 0.470. The average molecular weight is 221 g/mol. The quantitative estimate of drug-likeness (QED) is 0.746. The highest BCUT2D eigenvalue weighted by molar-refractivity contribution is 5.25. The van der Waals surface area contributed by atoms with Crippen LogP contribution in [0.5, 0.6) is 0 Å². The van der Waals surface area contributed by atoms with E-state index in [4.69, 9.17) is 4.74 Å². The van der Waals surface area contributed by atoms with Gasteiger partial charge in [-0.3, -0.25) is 0 Å². The summed E-state index contributed by atoms with van der Waals surface area (Å²) in [6, 6.07) is 9.25. The molecule has 0 saturated carbocycles. The van der Waals surface area contributed by atoms with Crippen LogP contribution in [-0.4, -0.2) is 26.3 Å². The van der Waals surface area contributed by atoms with E-state index in [9.17, 15) is 0 Å². The number of methoxy groups -OCH3 is 1. The molecule has 0 radical (unpaired) electrons. The molecule has 0 bridgehead atoms. The number of hydrogen-bond acceptors (Lipinski definition) is 2. The zero-order valence-corrected chi connectivity index (χ0v) is 10.8. The highest BCUT2D eigenvalue weighted by Gasteiger charge is 2.12. The number of hydrogen-bond donors (Lipinski definition) is 1. The molecule has 0 saturated heterocycles. The van der Waals surface area contributed by atoms with Gasteiger partial charge in [-0.15, -0.1) is 0 Å². The summed E-state index contributed by atoms with van der Waals surface area (Å²) in [5.74, 6) is 0.525. The van der Waals surface area contributed by atoms with E-state index in [0.717, 1.165) is 13.2 Å². The number of rotatable bonds is 6. The summed E-state index contributed by atoms with van der Waals surface area (Å²) in [6.45, 7) is 8.28. The second-order valence-electron chi connectivity index (χ2n) is 4.43. The Hall–Kier alpha value is -0.860. The standard InChI is InChI=1S/C14H23NO/c1-11-5-7-14(8-6-11)12(2)13(3)15-9-10-16-4/h5-8,12-13,15H,9-10H2,1-4H3. The van der Waals surface area contributed by atoms with Crippen molar-refractivity contribution in [1.29, 1.82) is 0 Å². The molecule has 1 N–H and O–H groups in total. The summed E-state index contributed by atoms with van der Waals surface area (Å²) < 4.78 is 5.03. The summed E-state index contributed by atoms with van der Waals surface area (Å²) in [6.07, 6.45) is 0. The topological polar surface area (TPSA) is 21.3 Å². The zero-order chi connectivity index (χ0) is 12.0. The number of benzene rings is 1. The SMILES string of the molecule is COCCNC(C)C(C)c1ccc(C)cc1. The monoisotopic (exact) mass is 221 g/mol. The van der Waals surface area contributed by atoms with Crippen molar-refractivity contribution in [3.63, 3.8) is 0 Å². The maximum Gasteiger partial charge on any atom is 0.0587 e. The molecule has 0 aliphatic carbocycles. The first-order valence-corrected chi connectivity index (χ1v) is 5.94. The molecule has 0 amide bonds. The van der Waals surface area contributed by atoms with Crippen molar-refractivity contribution < 1.29 is 4.74 Å². The van der Waals surface area contributed by atoms with Crippen LogP contribution in [0.15, 0.2) is 24.3 Å². The molecule has 0 aliphatic heterocycles. The second-order valence-corrected chi connectivity index (χ2v) is 4.43. The van der Waals surface area contributed by atoms with Crippen LogP contribution in [0.1, 0.15) is 30.9 Å². The predicted octanol–water partition coefficient (Wildman–Crippen LogP) is 2.72. The van der Waals surface area contributed by atoms with Gasteiger partial charge in [0.15, 0.2) is 0 Å². The molecule has 16 heavy (non-hydrogen) atoms. The lowest BCUT2D eigenvalue weighted by Crippen LogP contribution is -2.33. The fourth-order valence-corrected chi connectivity index (χ4v) is 1.72. The molecule has 2 atom stereocenters. The molecular formula is C14H23NO. The fraction of sp³-hybridized carbons (Fsp3) is 0.571. The molecule has 2 nitrogen and oxygen atoms in total. The first-order valence-electron chi connectivity index (χ1n) is 5.94. The van der Waals surface area contributed by atoms with Crippen molar-refractivity contribution >= 4 is 0 Å². The summed E-state index contributed by atoms with van der Waals surface area (Å²) >= 11 is 0. The third kappa shape index (κ3) is 3.95. The molecule has 0 aliphatic rings. The fourth-order valence-electron chi connectivity index (χ4n) is 1.72. The Bertz CT molecular complexity index is 294. The maximum absolute atomic E-state index is 5.03. The van der Waals surface area contributed by atoms with Gasteiger partial charge in [0.05, 0.1) is 6.61 Å². The van der Waals surface area contributed by atoms with E-state index in [2.05, 4.69) is 50.4 Å². The highest BCUT2D eigenvalue weighted by atomic mass is 16.5. The molecule has 0 fully saturated rings. The number of nitrogens with one attached hydrogen (secondary N) is 1. The van der Waals surface area contributed by atoms with Crippen LogP contribution in [0.4, 0.5) is 0 Å². The van der Waals surface area contributed by atoms with E-state index in [1.165, 1.54) is 11.1 Å². The van der Waals surface area contributed by atoms with Crippen LogP contribution >= 0.6 is 0 Å². The summed E-state index contributed by atoms with van der Waals surface area (Å²) in [5.41, 5.74) is 2.71. The maximum atomic E-state index is 5.03. The van der Waals surface area contributed by atoms with Crippen molar-refractivity contribution in [2.45, 2.75) is 32.7 Å². The van der Waals surface area contributed by atoms with Crippen LogP contribution in [0.25, 0.3) is 0 Å². The normalized spacial score (nSPS) is 14.8. The van der Waals surface area contributed by atoms with Crippen LogP contribution in [0, 0.1) is 6.92 Å². The average Bonchev–Trinajstić information content (AvgIpc) is 2.29. The minimum Gasteiger partial charge on any atom is -0.383 e. The van der Waals surface area contributed by atoms with Gasteiger partial charge in [-0.2, -0.15) is 0 Å². The molecule has 1 rings (SSSR count). The van der Waals surface area contributed by atoms with E-state index in [1.807, 2.05) is 0 Å². The van der Waals surface area contributed by atoms with Crippen molar-refractivity contribution in [1.82, 2.24) is 5.32 Å². The lowest BCUT2D eigenvalue weighted by atomic mass is 9.94. The van der Waals surface area contributed by atoms with Gasteiger partial charge in [-0.1, -0.05) is 36.8 Å². The van der Waals surface area contributed by atoms with Crippen LogP contribution in [0.2, 0.25) is 0 Å². The molecule has 0 aromatic heterocycles. The smallest absolute Gasteiger partial charge is 0.0587 e. The molecule has 2 unspecified atom stereocenters. The largest absolute Gasteiger partial charge is 0.383 e. The van der Waals surface area contributed by atoms with Crippen LogP contribution in [0.3, 0.4) is 0 Å². The number of ether oxygens (including phenoxy) is 1. The van der Waals surface area contributed by atoms with Gasteiger partial charge in [0, 0.05) is 19.7 Å². The van der Waals surface area contributed by atoms with Gasteiger partial charge in [-0.25, -0.2) is 0 Å². The molecule has 0 heterocycles. The summed E-state index contributed by atoms with van der Waals surface area (Å²) in [7, 11) is 1.73. The highest BCUT2D eigenvalue weighted by Crippen LogP contribution is 2.19. The van der Waals surface area contributed by atoms with Crippen LogP contribution in [-0.2, 0) is 4.74 Å². The minimum absolute atomic E-state index is 0.470.